The molecule has 0 aliphatic carbocycles. The Balaban J connectivity index is 2.95. The number of aliphatic imine (C=N–C) groups is 1. The first-order valence-corrected chi connectivity index (χ1v) is 8.62. The van der Waals surface area contributed by atoms with E-state index in [9.17, 15) is 29.7 Å². The van der Waals surface area contributed by atoms with Crippen LogP contribution in [0.25, 0.3) is 0 Å². The normalized spacial score (nSPS) is 13.6. The van der Waals surface area contributed by atoms with E-state index in [0.29, 0.717) is 0 Å². The number of aromatic hydroxyl groups is 2. The fraction of sp³-hybridized carbons (Fsp3) is 0.412. The number of carbonyl (C=O) groups is 3. The molecule has 1 rings (SSSR count). The Morgan fingerprint density at radius 1 is 1.14 bits per heavy atom. The van der Waals surface area contributed by atoms with Crippen LogP contribution in [0.5, 0.6) is 11.5 Å². The lowest BCUT2D eigenvalue weighted by Crippen LogP contribution is -2.54. The first kappa shape index (κ1) is 23.5. The van der Waals surface area contributed by atoms with Crippen LogP contribution in [0.1, 0.15) is 30.1 Å². The second kappa shape index (κ2) is 10.7. The fourth-order valence-corrected chi connectivity index (χ4v) is 2.32. The minimum atomic E-state index is -1.57. The highest BCUT2D eigenvalue weighted by Crippen LogP contribution is 2.24. The summed E-state index contributed by atoms with van der Waals surface area (Å²) in [5.41, 5.74) is 10.4. The number of phenols is 2. The van der Waals surface area contributed by atoms with Crippen molar-refractivity contribution in [2.24, 2.45) is 16.5 Å². The monoisotopic (exact) mass is 411 g/mol. The van der Waals surface area contributed by atoms with Crippen LogP contribution in [-0.2, 0) is 9.59 Å². The Morgan fingerprint density at radius 2 is 1.79 bits per heavy atom. The van der Waals surface area contributed by atoms with Crippen molar-refractivity contribution in [3.05, 3.63) is 23.8 Å². The highest BCUT2D eigenvalue weighted by atomic mass is 16.4. The van der Waals surface area contributed by atoms with Crippen molar-refractivity contribution in [2.45, 2.75) is 38.0 Å². The van der Waals surface area contributed by atoms with E-state index < -0.39 is 47.5 Å². The number of aliphatic carboxylic acids is 1. The van der Waals surface area contributed by atoms with Gasteiger partial charge in [0.05, 0.1) is 6.10 Å². The number of amides is 2. The number of nitrogens with two attached hydrogens (primary N) is 2. The number of carboxylic acid groups (broad SMARTS) is 1. The zero-order valence-corrected chi connectivity index (χ0v) is 15.7. The lowest BCUT2D eigenvalue weighted by Gasteiger charge is -2.22. The number of phenolic OH excluding ortho intramolecular Hbond substituents is 2. The molecule has 3 atom stereocenters. The van der Waals surface area contributed by atoms with E-state index in [1.165, 1.54) is 13.0 Å². The van der Waals surface area contributed by atoms with Crippen LogP contribution >= 0.6 is 0 Å². The maximum Gasteiger partial charge on any atom is 0.328 e. The van der Waals surface area contributed by atoms with Gasteiger partial charge < -0.3 is 42.5 Å². The Bertz CT molecular complexity index is 777. The Hall–Kier alpha value is -3.54. The number of hydrogen-bond donors (Lipinski definition) is 8. The molecule has 1 unspecified atom stereocenters. The van der Waals surface area contributed by atoms with Crippen molar-refractivity contribution in [3.8, 4) is 11.5 Å². The first-order valence-electron chi connectivity index (χ1n) is 8.62. The summed E-state index contributed by atoms with van der Waals surface area (Å²) in [6.45, 7) is 1.37. The van der Waals surface area contributed by atoms with E-state index in [1.807, 2.05) is 0 Å². The predicted octanol–water partition coefficient (Wildman–Crippen LogP) is -1.80. The molecule has 0 saturated heterocycles. The molecular formula is C17H25N5O7. The average Bonchev–Trinajstić information content (AvgIpc) is 2.63. The summed E-state index contributed by atoms with van der Waals surface area (Å²) in [4.78, 5) is 39.9. The standard InChI is InChI=1S/C17H25N5O7/c1-8(23)13(16(28)29)22-15(27)10(3-2-6-20-17(18)19)21-14(26)9-4-5-11(24)12(25)7-9/h4-5,7-8,10,13,23-25H,2-3,6H2,1H3,(H,21,26)(H,22,27)(H,28,29)(H4,18,19,20)/t8?,10-,13-/m0/s1. The molecule has 0 aromatic heterocycles. The molecule has 0 heterocycles. The van der Waals surface area contributed by atoms with E-state index in [1.54, 1.807) is 0 Å². The lowest BCUT2D eigenvalue weighted by atomic mass is 10.1. The second-order valence-corrected chi connectivity index (χ2v) is 6.24. The maximum absolute atomic E-state index is 12.5. The van der Waals surface area contributed by atoms with Crippen LogP contribution in [0.3, 0.4) is 0 Å². The van der Waals surface area contributed by atoms with Crippen LogP contribution in [0, 0.1) is 0 Å². The van der Waals surface area contributed by atoms with E-state index in [2.05, 4.69) is 15.6 Å². The molecule has 160 valence electrons. The molecule has 1 aromatic rings. The van der Waals surface area contributed by atoms with Crippen molar-refractivity contribution >= 4 is 23.7 Å². The number of aliphatic hydroxyl groups excluding tert-OH is 1. The SMILES string of the molecule is CC(O)[C@H](NC(=O)[C@H](CCCN=C(N)N)NC(=O)c1ccc(O)c(O)c1)C(=O)O. The maximum atomic E-state index is 12.5. The minimum Gasteiger partial charge on any atom is -0.504 e. The zero-order valence-electron chi connectivity index (χ0n) is 15.7. The van der Waals surface area contributed by atoms with Gasteiger partial charge in [0, 0.05) is 12.1 Å². The van der Waals surface area contributed by atoms with Crippen LogP contribution in [0.2, 0.25) is 0 Å². The van der Waals surface area contributed by atoms with Gasteiger partial charge in [-0.3, -0.25) is 14.6 Å². The number of aliphatic hydroxyl groups is 1. The minimum absolute atomic E-state index is 0.0346. The number of benzene rings is 1. The van der Waals surface area contributed by atoms with Crippen molar-refractivity contribution in [3.63, 3.8) is 0 Å². The number of nitrogens with one attached hydrogen (secondary N) is 2. The first-order chi connectivity index (χ1) is 13.5. The van der Waals surface area contributed by atoms with Crippen LogP contribution in [-0.4, -0.2) is 68.9 Å². The van der Waals surface area contributed by atoms with Crippen molar-refractivity contribution in [1.29, 1.82) is 0 Å². The third kappa shape index (κ3) is 7.54. The molecule has 1 aromatic carbocycles. The van der Waals surface area contributed by atoms with Gasteiger partial charge in [-0.25, -0.2) is 4.79 Å². The zero-order chi connectivity index (χ0) is 22.1. The van der Waals surface area contributed by atoms with E-state index in [-0.39, 0.29) is 30.9 Å². The summed E-state index contributed by atoms with van der Waals surface area (Å²) in [6, 6.07) is 0.598. The molecule has 0 saturated carbocycles. The summed E-state index contributed by atoms with van der Waals surface area (Å²) in [6.07, 6.45) is -1.03. The quantitative estimate of drug-likeness (QED) is 0.0940. The highest BCUT2D eigenvalue weighted by Gasteiger charge is 2.29. The predicted molar refractivity (Wildman–Crippen MR) is 102 cm³/mol. The summed E-state index contributed by atoms with van der Waals surface area (Å²) >= 11 is 0. The number of rotatable bonds is 10. The van der Waals surface area contributed by atoms with Gasteiger partial charge in [0.25, 0.3) is 5.91 Å². The lowest BCUT2D eigenvalue weighted by molar-refractivity contribution is -0.145. The molecule has 12 heteroatoms. The van der Waals surface area contributed by atoms with E-state index >= 15 is 0 Å². The Labute approximate surface area is 166 Å². The van der Waals surface area contributed by atoms with E-state index in [4.69, 9.17) is 16.6 Å². The molecule has 12 nitrogen and oxygen atoms in total. The largest absolute Gasteiger partial charge is 0.504 e. The van der Waals surface area contributed by atoms with Crippen molar-refractivity contribution < 1.29 is 34.8 Å². The van der Waals surface area contributed by atoms with Gasteiger partial charge in [-0.2, -0.15) is 0 Å². The van der Waals surface area contributed by atoms with E-state index in [0.717, 1.165) is 12.1 Å². The second-order valence-electron chi connectivity index (χ2n) is 6.24. The summed E-state index contributed by atoms with van der Waals surface area (Å²) in [7, 11) is 0. The highest BCUT2D eigenvalue weighted by molar-refractivity contribution is 5.98. The van der Waals surface area contributed by atoms with Crippen molar-refractivity contribution in [1.82, 2.24) is 10.6 Å². The number of carboxylic acids is 1. The van der Waals surface area contributed by atoms with Crippen LogP contribution < -0.4 is 22.1 Å². The molecule has 2 amide bonds. The third-order valence-corrected chi connectivity index (χ3v) is 3.85. The molecule has 0 aliphatic heterocycles. The van der Waals surface area contributed by atoms with Crippen LogP contribution in [0.15, 0.2) is 23.2 Å². The smallest absolute Gasteiger partial charge is 0.328 e. The molecule has 0 bridgehead atoms. The van der Waals surface area contributed by atoms with Gasteiger partial charge in [-0.1, -0.05) is 0 Å². The molecule has 10 N–H and O–H groups in total. The fourth-order valence-electron chi connectivity index (χ4n) is 2.32. The number of nitrogens with zero attached hydrogens (tertiary/aromatic N) is 1. The van der Waals surface area contributed by atoms with Gasteiger partial charge in [0.15, 0.2) is 23.5 Å². The molecular weight excluding hydrogens is 386 g/mol. The summed E-state index contributed by atoms with van der Waals surface area (Å²) in [5.74, 6) is -4.11. The summed E-state index contributed by atoms with van der Waals surface area (Å²) in [5, 5.41) is 42.1. The molecule has 0 fully saturated rings. The van der Waals surface area contributed by atoms with Crippen molar-refractivity contribution in [2.75, 3.05) is 6.54 Å². The Kier molecular flexibility index (Phi) is 8.68. The van der Waals surface area contributed by atoms with Gasteiger partial charge in [0.2, 0.25) is 5.91 Å². The average molecular weight is 411 g/mol. The Morgan fingerprint density at radius 3 is 2.31 bits per heavy atom. The van der Waals surface area contributed by atoms with Gasteiger partial charge >= 0.3 is 5.97 Å². The number of hydrogen-bond acceptors (Lipinski definition) is 7. The molecule has 0 radical (unpaired) electrons. The molecule has 29 heavy (non-hydrogen) atoms. The summed E-state index contributed by atoms with van der Waals surface area (Å²) < 4.78 is 0. The van der Waals surface area contributed by atoms with Gasteiger partial charge in [-0.05, 0) is 38.0 Å². The van der Waals surface area contributed by atoms with Crippen LogP contribution in [0.4, 0.5) is 0 Å². The number of guanidine groups is 1. The molecule has 0 aliphatic rings. The number of carbonyl (C=O) groups excluding carboxylic acids is 2. The third-order valence-electron chi connectivity index (χ3n) is 3.85. The van der Waals surface area contributed by atoms with Gasteiger partial charge in [-0.15, -0.1) is 0 Å². The topological polar surface area (TPSA) is 221 Å². The molecule has 0 spiro atoms. The van der Waals surface area contributed by atoms with Gasteiger partial charge in [0.1, 0.15) is 6.04 Å².